The van der Waals surface area contributed by atoms with Crippen LogP contribution in [0.2, 0.25) is 0 Å². The van der Waals surface area contributed by atoms with Crippen molar-refractivity contribution in [1.82, 2.24) is 0 Å². The van der Waals surface area contributed by atoms with E-state index >= 15 is 0 Å². The lowest BCUT2D eigenvalue weighted by Gasteiger charge is -2.27. The summed E-state index contributed by atoms with van der Waals surface area (Å²) in [6, 6.07) is 17.9. The van der Waals surface area contributed by atoms with Crippen LogP contribution in [0.4, 0.5) is 5.69 Å². The Morgan fingerprint density at radius 3 is 2.04 bits per heavy atom. The van der Waals surface area contributed by atoms with E-state index in [-0.39, 0.29) is 18.0 Å². The van der Waals surface area contributed by atoms with Crippen molar-refractivity contribution in [2.24, 2.45) is 0 Å². The zero-order chi connectivity index (χ0) is 17.8. The van der Waals surface area contributed by atoms with Crippen LogP contribution in [0.15, 0.2) is 70.3 Å². The number of aliphatic hydroxyl groups excluding tert-OH is 1. The fourth-order valence-corrected chi connectivity index (χ4v) is 2.79. The zero-order valence-electron chi connectivity index (χ0n) is 13.8. The quantitative estimate of drug-likeness (QED) is 0.648. The van der Waals surface area contributed by atoms with Gasteiger partial charge in [-0.1, -0.05) is 60.7 Å². The van der Waals surface area contributed by atoms with Crippen molar-refractivity contribution >= 4 is 5.69 Å². The van der Waals surface area contributed by atoms with Gasteiger partial charge in [-0.15, -0.1) is 0 Å². The molecule has 0 saturated heterocycles. The Bertz CT molecular complexity index is 899. The molecular formula is C20H19NO4. The Morgan fingerprint density at radius 2 is 1.48 bits per heavy atom. The normalized spacial score (nSPS) is 13.4. The van der Waals surface area contributed by atoms with E-state index in [4.69, 9.17) is 4.74 Å². The van der Waals surface area contributed by atoms with E-state index in [1.54, 1.807) is 6.92 Å². The highest BCUT2D eigenvalue weighted by Crippen LogP contribution is 2.33. The van der Waals surface area contributed by atoms with Gasteiger partial charge in [-0.3, -0.25) is 9.59 Å². The van der Waals surface area contributed by atoms with E-state index in [1.807, 2.05) is 60.7 Å². The molecule has 2 unspecified atom stereocenters. The molecule has 0 fully saturated rings. The SMILES string of the molecule is CCOc1c(NC(c2ccccc2)C(O)c2ccccc2)c(=O)c1=O. The highest BCUT2D eigenvalue weighted by atomic mass is 16.5. The van der Waals surface area contributed by atoms with Gasteiger partial charge in [-0.25, -0.2) is 0 Å². The van der Waals surface area contributed by atoms with Gasteiger partial charge in [0.1, 0.15) is 11.8 Å². The number of nitrogens with one attached hydrogen (secondary N) is 1. The molecule has 3 aromatic rings. The smallest absolute Gasteiger partial charge is 0.272 e. The predicted molar refractivity (Wildman–Crippen MR) is 96.7 cm³/mol. The number of anilines is 1. The van der Waals surface area contributed by atoms with Crippen LogP contribution in [0.3, 0.4) is 0 Å². The summed E-state index contributed by atoms with van der Waals surface area (Å²) in [5, 5.41) is 13.9. The second-order valence-corrected chi connectivity index (χ2v) is 5.68. The Labute approximate surface area is 145 Å². The first-order valence-electron chi connectivity index (χ1n) is 8.14. The standard InChI is InChI=1S/C20H19NO4/c1-2-25-20-16(18(23)19(20)24)21-15(13-9-5-3-6-10-13)17(22)14-11-7-4-8-12-14/h3-12,15,17,21-22H,2H2,1H3. The first-order chi connectivity index (χ1) is 12.1. The van der Waals surface area contributed by atoms with Gasteiger partial charge < -0.3 is 15.2 Å². The summed E-state index contributed by atoms with van der Waals surface area (Å²) in [4.78, 5) is 23.6. The average molecular weight is 337 g/mol. The van der Waals surface area contributed by atoms with Crippen molar-refractivity contribution in [2.75, 3.05) is 11.9 Å². The van der Waals surface area contributed by atoms with Crippen LogP contribution in [0, 0.1) is 0 Å². The molecule has 2 N–H and O–H groups in total. The molecule has 25 heavy (non-hydrogen) atoms. The summed E-state index contributed by atoms with van der Waals surface area (Å²) in [5.74, 6) is 0.0358. The topological polar surface area (TPSA) is 75.6 Å². The van der Waals surface area contributed by atoms with Crippen molar-refractivity contribution in [2.45, 2.75) is 19.1 Å². The molecule has 3 rings (SSSR count). The molecule has 0 bridgehead atoms. The minimum Gasteiger partial charge on any atom is -0.488 e. The molecular weight excluding hydrogens is 318 g/mol. The Hall–Kier alpha value is -2.92. The van der Waals surface area contributed by atoms with Crippen LogP contribution in [0.1, 0.15) is 30.2 Å². The van der Waals surface area contributed by atoms with Crippen LogP contribution < -0.4 is 20.9 Å². The van der Waals surface area contributed by atoms with Crippen molar-refractivity contribution in [1.29, 1.82) is 0 Å². The third-order valence-electron chi connectivity index (χ3n) is 4.07. The van der Waals surface area contributed by atoms with Crippen LogP contribution in [-0.4, -0.2) is 11.7 Å². The van der Waals surface area contributed by atoms with E-state index in [2.05, 4.69) is 5.32 Å². The first-order valence-corrected chi connectivity index (χ1v) is 8.14. The lowest BCUT2D eigenvalue weighted by molar-refractivity contribution is 0.154. The fraction of sp³-hybridized carbons (Fsp3) is 0.200. The second-order valence-electron chi connectivity index (χ2n) is 5.68. The van der Waals surface area contributed by atoms with Crippen LogP contribution in [0.5, 0.6) is 5.75 Å². The van der Waals surface area contributed by atoms with Crippen molar-refractivity contribution in [3.63, 3.8) is 0 Å². The van der Waals surface area contributed by atoms with E-state index < -0.39 is 23.0 Å². The summed E-state index contributed by atoms with van der Waals surface area (Å²) < 4.78 is 5.26. The number of ether oxygens (including phenoxy) is 1. The summed E-state index contributed by atoms with van der Waals surface area (Å²) in [7, 11) is 0. The Kier molecular flexibility index (Phi) is 4.95. The lowest BCUT2D eigenvalue weighted by atomic mass is 9.95. The molecule has 0 aliphatic heterocycles. The van der Waals surface area contributed by atoms with Crippen LogP contribution in [0.25, 0.3) is 0 Å². The maximum absolute atomic E-state index is 11.9. The minimum absolute atomic E-state index is 0.0358. The molecule has 0 radical (unpaired) electrons. The summed E-state index contributed by atoms with van der Waals surface area (Å²) in [6.07, 6.45) is -0.900. The number of hydrogen-bond donors (Lipinski definition) is 2. The highest BCUT2D eigenvalue weighted by Gasteiger charge is 2.29. The molecule has 0 amide bonds. The van der Waals surface area contributed by atoms with Gasteiger partial charge in [-0.2, -0.15) is 0 Å². The zero-order valence-corrected chi connectivity index (χ0v) is 13.8. The Balaban J connectivity index is 1.97. The first kappa shape index (κ1) is 16.9. The second kappa shape index (κ2) is 7.32. The van der Waals surface area contributed by atoms with E-state index in [0.29, 0.717) is 5.56 Å². The Morgan fingerprint density at radius 1 is 0.920 bits per heavy atom. The molecule has 5 nitrogen and oxygen atoms in total. The van der Waals surface area contributed by atoms with Gasteiger partial charge in [0.15, 0.2) is 5.75 Å². The molecule has 0 aliphatic rings. The van der Waals surface area contributed by atoms with Gasteiger partial charge in [-0.05, 0) is 18.1 Å². The third kappa shape index (κ3) is 3.32. The van der Waals surface area contributed by atoms with Crippen molar-refractivity contribution < 1.29 is 9.84 Å². The molecule has 0 heterocycles. The lowest BCUT2D eigenvalue weighted by Crippen LogP contribution is -2.37. The number of aliphatic hydroxyl groups is 1. The van der Waals surface area contributed by atoms with Crippen molar-refractivity contribution in [3.8, 4) is 5.75 Å². The van der Waals surface area contributed by atoms with Gasteiger partial charge in [0.25, 0.3) is 10.9 Å². The summed E-state index contributed by atoms with van der Waals surface area (Å²) in [6.45, 7) is 2.03. The monoisotopic (exact) mass is 337 g/mol. The largest absolute Gasteiger partial charge is 0.488 e. The van der Waals surface area contributed by atoms with Gasteiger partial charge in [0, 0.05) is 0 Å². The number of rotatable bonds is 7. The minimum atomic E-state index is -0.900. The highest BCUT2D eigenvalue weighted by molar-refractivity contribution is 5.63. The van der Waals surface area contributed by atoms with Crippen LogP contribution >= 0.6 is 0 Å². The molecule has 2 atom stereocenters. The average Bonchev–Trinajstić information content (AvgIpc) is 2.68. The predicted octanol–water partition coefficient (Wildman–Crippen LogP) is 2.57. The number of benzene rings is 2. The molecule has 3 aromatic carbocycles. The van der Waals surface area contributed by atoms with Gasteiger partial charge in [0.05, 0.1) is 12.6 Å². The van der Waals surface area contributed by atoms with E-state index in [9.17, 15) is 14.7 Å². The molecule has 0 aliphatic carbocycles. The van der Waals surface area contributed by atoms with Crippen molar-refractivity contribution in [3.05, 3.63) is 92.2 Å². The maximum Gasteiger partial charge on any atom is 0.272 e. The maximum atomic E-state index is 11.9. The van der Waals surface area contributed by atoms with E-state index in [1.165, 1.54) is 0 Å². The molecule has 0 spiro atoms. The summed E-state index contributed by atoms with van der Waals surface area (Å²) >= 11 is 0. The van der Waals surface area contributed by atoms with Gasteiger partial charge >= 0.3 is 0 Å². The molecule has 5 heteroatoms. The third-order valence-corrected chi connectivity index (χ3v) is 4.07. The van der Waals surface area contributed by atoms with Gasteiger partial charge in [0.2, 0.25) is 0 Å². The number of hydrogen-bond acceptors (Lipinski definition) is 5. The molecule has 128 valence electrons. The summed E-state index contributed by atoms with van der Waals surface area (Å²) in [5.41, 5.74) is 0.376. The molecule has 0 saturated carbocycles. The van der Waals surface area contributed by atoms with E-state index in [0.717, 1.165) is 5.56 Å². The fourth-order valence-electron chi connectivity index (χ4n) is 2.79. The molecule has 0 aromatic heterocycles. The van der Waals surface area contributed by atoms with Crippen LogP contribution in [-0.2, 0) is 0 Å².